The maximum absolute atomic E-state index is 13.1. The SMILES string of the molecule is CC/C=C/C=C/C=C\C=C/CCCC(CC(=O)NC(CO)C(O)CCCCCCCCCCC)OC(=O)CCCCCCCCCCC/C=C\C/C=C\CCCCC. The number of unbranched alkanes of at least 4 members (excludes halogenated alkanes) is 21. The number of carbonyl (C=O) groups is 2. The van der Waals surface area contributed by atoms with E-state index >= 15 is 0 Å². The number of aliphatic hydroxyl groups is 2. The van der Waals surface area contributed by atoms with Crippen LogP contribution in [0.15, 0.2) is 72.9 Å². The monoisotopic (exact) mass is 810 g/mol. The average Bonchev–Trinajstić information content (AvgIpc) is 3.22. The van der Waals surface area contributed by atoms with Crippen LogP contribution in [0.25, 0.3) is 0 Å². The molecule has 0 spiro atoms. The molecule has 3 atom stereocenters. The Morgan fingerprint density at radius 1 is 0.534 bits per heavy atom. The van der Waals surface area contributed by atoms with E-state index in [1.54, 1.807) is 0 Å². The van der Waals surface area contributed by atoms with Gasteiger partial charge in [0.15, 0.2) is 0 Å². The smallest absolute Gasteiger partial charge is 0.306 e. The van der Waals surface area contributed by atoms with E-state index in [9.17, 15) is 19.8 Å². The molecule has 6 heteroatoms. The zero-order valence-electron chi connectivity index (χ0n) is 37.9. The van der Waals surface area contributed by atoms with E-state index in [4.69, 9.17) is 4.74 Å². The van der Waals surface area contributed by atoms with Crippen molar-refractivity contribution in [1.29, 1.82) is 0 Å². The second kappa shape index (κ2) is 45.4. The fraction of sp³-hybridized carbons (Fsp3) is 0.731. The van der Waals surface area contributed by atoms with Crippen LogP contribution in [0.2, 0.25) is 0 Å². The Hall–Kier alpha value is -2.70. The Labute approximate surface area is 358 Å². The maximum atomic E-state index is 13.1. The summed E-state index contributed by atoms with van der Waals surface area (Å²) in [5, 5.41) is 23.6. The number of carbonyl (C=O) groups excluding carboxylic acids is 2. The Morgan fingerprint density at radius 3 is 1.60 bits per heavy atom. The quantitative estimate of drug-likeness (QED) is 0.0247. The Bertz CT molecular complexity index is 1090. The van der Waals surface area contributed by atoms with Crippen molar-refractivity contribution in [1.82, 2.24) is 5.32 Å². The van der Waals surface area contributed by atoms with Gasteiger partial charge < -0.3 is 20.3 Å². The highest BCUT2D eigenvalue weighted by Crippen LogP contribution is 2.16. The predicted octanol–water partition coefficient (Wildman–Crippen LogP) is 14.2. The van der Waals surface area contributed by atoms with Crippen molar-refractivity contribution < 1.29 is 24.5 Å². The minimum Gasteiger partial charge on any atom is -0.462 e. The van der Waals surface area contributed by atoms with Gasteiger partial charge in [-0.2, -0.15) is 0 Å². The van der Waals surface area contributed by atoms with E-state index in [1.807, 2.05) is 36.5 Å². The molecule has 0 aromatic rings. The molecular formula is C52H91NO5. The Balaban J connectivity index is 4.57. The Morgan fingerprint density at radius 2 is 1.02 bits per heavy atom. The summed E-state index contributed by atoms with van der Waals surface area (Å²) < 4.78 is 5.87. The van der Waals surface area contributed by atoms with Crippen LogP contribution in [0.3, 0.4) is 0 Å². The average molecular weight is 810 g/mol. The summed E-state index contributed by atoms with van der Waals surface area (Å²) in [6, 6.07) is -0.723. The molecule has 3 unspecified atom stereocenters. The summed E-state index contributed by atoms with van der Waals surface area (Å²) in [5.41, 5.74) is 0. The summed E-state index contributed by atoms with van der Waals surface area (Å²) in [4.78, 5) is 26.0. The molecule has 0 heterocycles. The van der Waals surface area contributed by atoms with Gasteiger partial charge in [0.05, 0.1) is 25.2 Å². The van der Waals surface area contributed by atoms with E-state index in [0.717, 1.165) is 64.2 Å². The van der Waals surface area contributed by atoms with Crippen LogP contribution in [0, 0.1) is 0 Å². The first-order valence-electron chi connectivity index (χ1n) is 24.2. The number of rotatable bonds is 42. The van der Waals surface area contributed by atoms with E-state index in [1.165, 1.54) is 109 Å². The van der Waals surface area contributed by atoms with Crippen LogP contribution >= 0.6 is 0 Å². The third kappa shape index (κ3) is 40.1. The molecule has 1 amide bonds. The van der Waals surface area contributed by atoms with Gasteiger partial charge >= 0.3 is 5.97 Å². The van der Waals surface area contributed by atoms with Crippen LogP contribution in [0.4, 0.5) is 0 Å². The number of allylic oxidation sites excluding steroid dienone is 12. The molecule has 3 N–H and O–H groups in total. The van der Waals surface area contributed by atoms with Crippen LogP contribution in [-0.2, 0) is 14.3 Å². The van der Waals surface area contributed by atoms with Gasteiger partial charge in [-0.05, 0) is 70.6 Å². The summed E-state index contributed by atoms with van der Waals surface area (Å²) in [7, 11) is 0. The van der Waals surface area contributed by atoms with E-state index < -0.39 is 18.2 Å². The molecule has 0 saturated carbocycles. The third-order valence-electron chi connectivity index (χ3n) is 10.6. The van der Waals surface area contributed by atoms with Crippen LogP contribution in [-0.4, -0.2) is 46.9 Å². The van der Waals surface area contributed by atoms with Gasteiger partial charge in [-0.25, -0.2) is 0 Å². The summed E-state index contributed by atoms with van der Waals surface area (Å²) in [6.45, 7) is 6.26. The van der Waals surface area contributed by atoms with Gasteiger partial charge in [0.2, 0.25) is 5.91 Å². The highest BCUT2D eigenvalue weighted by Gasteiger charge is 2.24. The topological polar surface area (TPSA) is 95.9 Å². The standard InChI is InChI=1S/C52H91NO5/c1-4-7-10-13-16-19-21-22-23-24-25-26-27-28-30-33-36-39-42-45-52(57)58-48(43-40-37-34-32-29-20-17-14-11-8-5-2)46-51(56)53-49(47-54)50(55)44-41-38-35-31-18-15-12-9-6-3/h8,11,14,16-17,19-20,22-23,29,32,34,48-50,54-55H,4-7,9-10,12-13,15,18,21,24-28,30-31,33,35-47H2,1-3H3,(H,53,56)/b11-8+,17-14+,19-16-,23-22-,29-20-,34-32-. The molecular weight excluding hydrogens is 719 g/mol. The molecule has 6 nitrogen and oxygen atoms in total. The van der Waals surface area contributed by atoms with Gasteiger partial charge in [0.1, 0.15) is 6.10 Å². The van der Waals surface area contributed by atoms with Gasteiger partial charge in [0, 0.05) is 6.42 Å². The van der Waals surface area contributed by atoms with Crippen molar-refractivity contribution in [3.05, 3.63) is 72.9 Å². The highest BCUT2D eigenvalue weighted by atomic mass is 16.5. The minimum atomic E-state index is -0.806. The zero-order valence-corrected chi connectivity index (χ0v) is 37.9. The lowest BCUT2D eigenvalue weighted by Gasteiger charge is -2.24. The molecule has 0 aliphatic rings. The van der Waals surface area contributed by atoms with Crippen LogP contribution in [0.5, 0.6) is 0 Å². The Kier molecular flexibility index (Phi) is 43.3. The minimum absolute atomic E-state index is 0.0273. The number of esters is 1. The normalized spacial score (nSPS) is 13.9. The second-order valence-corrected chi connectivity index (χ2v) is 16.2. The lowest BCUT2D eigenvalue weighted by atomic mass is 10.0. The molecule has 0 fully saturated rings. The van der Waals surface area contributed by atoms with Gasteiger partial charge in [0.25, 0.3) is 0 Å². The fourth-order valence-corrected chi connectivity index (χ4v) is 6.95. The molecule has 0 aromatic carbocycles. The van der Waals surface area contributed by atoms with Crippen molar-refractivity contribution in [2.75, 3.05) is 6.61 Å². The molecule has 0 aliphatic carbocycles. The molecule has 334 valence electrons. The largest absolute Gasteiger partial charge is 0.462 e. The highest BCUT2D eigenvalue weighted by molar-refractivity contribution is 5.77. The first kappa shape index (κ1) is 55.3. The van der Waals surface area contributed by atoms with Gasteiger partial charge in [-0.1, -0.05) is 209 Å². The first-order chi connectivity index (χ1) is 28.5. The van der Waals surface area contributed by atoms with Crippen molar-refractivity contribution >= 4 is 11.9 Å². The molecule has 0 saturated heterocycles. The van der Waals surface area contributed by atoms with E-state index in [2.05, 4.69) is 62.5 Å². The third-order valence-corrected chi connectivity index (χ3v) is 10.6. The molecule has 58 heavy (non-hydrogen) atoms. The predicted molar refractivity (Wildman–Crippen MR) is 250 cm³/mol. The molecule has 0 aliphatic heterocycles. The van der Waals surface area contributed by atoms with E-state index in [-0.39, 0.29) is 24.9 Å². The maximum Gasteiger partial charge on any atom is 0.306 e. The number of amides is 1. The van der Waals surface area contributed by atoms with E-state index in [0.29, 0.717) is 19.3 Å². The van der Waals surface area contributed by atoms with Gasteiger partial charge in [-0.3, -0.25) is 9.59 Å². The van der Waals surface area contributed by atoms with Crippen molar-refractivity contribution in [3.8, 4) is 0 Å². The van der Waals surface area contributed by atoms with Crippen molar-refractivity contribution in [3.63, 3.8) is 0 Å². The number of ether oxygens (including phenoxy) is 1. The fourth-order valence-electron chi connectivity index (χ4n) is 6.95. The summed E-state index contributed by atoms with van der Waals surface area (Å²) >= 11 is 0. The van der Waals surface area contributed by atoms with Crippen LogP contribution < -0.4 is 5.32 Å². The second-order valence-electron chi connectivity index (χ2n) is 16.2. The van der Waals surface area contributed by atoms with Crippen molar-refractivity contribution in [2.24, 2.45) is 0 Å². The molecule has 0 bridgehead atoms. The number of hydrogen-bond acceptors (Lipinski definition) is 5. The molecule has 0 radical (unpaired) electrons. The molecule has 0 aromatic heterocycles. The lowest BCUT2D eigenvalue weighted by Crippen LogP contribution is -2.46. The van der Waals surface area contributed by atoms with Gasteiger partial charge in [-0.15, -0.1) is 0 Å². The van der Waals surface area contributed by atoms with Crippen molar-refractivity contribution in [2.45, 2.75) is 238 Å². The lowest BCUT2D eigenvalue weighted by molar-refractivity contribution is -0.151. The zero-order chi connectivity index (χ0) is 42.4. The number of hydrogen-bond donors (Lipinski definition) is 3. The summed E-state index contributed by atoms with van der Waals surface area (Å²) in [6.07, 6.45) is 56.9. The number of aliphatic hydroxyl groups excluding tert-OH is 2. The summed E-state index contributed by atoms with van der Waals surface area (Å²) in [5.74, 6) is -0.552. The first-order valence-corrected chi connectivity index (χ1v) is 24.2. The molecule has 0 rings (SSSR count). The van der Waals surface area contributed by atoms with Crippen LogP contribution in [0.1, 0.15) is 220 Å². The number of nitrogens with one attached hydrogen (secondary N) is 1.